The van der Waals surface area contributed by atoms with Gasteiger partial charge in [0.25, 0.3) is 0 Å². The van der Waals surface area contributed by atoms with Crippen molar-refractivity contribution in [2.45, 2.75) is 10.8 Å². The summed E-state index contributed by atoms with van der Waals surface area (Å²) in [5.41, 5.74) is 7.69. The third kappa shape index (κ3) is 1.41. The second kappa shape index (κ2) is 3.40. The molecule has 1 aromatic carbocycles. The number of alkyl halides is 1. The number of benzene rings is 1. The average Bonchev–Trinajstić information content (AvgIpc) is 2.49. The summed E-state index contributed by atoms with van der Waals surface area (Å²) in [4.78, 5) is 0.935. The molecule has 0 radical (unpaired) electrons. The number of thiophene rings is 1. The minimum atomic E-state index is 0.449. The van der Waals surface area contributed by atoms with Crippen molar-refractivity contribution in [1.29, 1.82) is 0 Å². The first-order valence-electron chi connectivity index (χ1n) is 3.77. The van der Waals surface area contributed by atoms with E-state index < -0.39 is 0 Å². The van der Waals surface area contributed by atoms with Crippen molar-refractivity contribution in [3.8, 4) is 0 Å². The quantitative estimate of drug-likeness (QED) is 0.437. The average molecular weight is 230 g/mol. The molecule has 2 N–H and O–H groups in total. The Kier molecular flexibility index (Phi) is 2.41. The van der Waals surface area contributed by atoms with E-state index in [4.69, 9.17) is 17.3 Å². The number of hydrogen-bond donors (Lipinski definition) is 2. The van der Waals surface area contributed by atoms with E-state index in [0.29, 0.717) is 5.88 Å². The summed E-state index contributed by atoms with van der Waals surface area (Å²) < 4.78 is 1.16. The first-order chi connectivity index (χ1) is 6.24. The molecule has 0 aliphatic heterocycles. The molecule has 2 rings (SSSR count). The lowest BCUT2D eigenvalue weighted by molar-refractivity contribution is 1.42. The standard InChI is InChI=1S/C9H8ClNS2/c10-3-5-1-2-7-8(9(5)11)6(12)4-13-7/h1-2,4,12H,3,11H2. The van der Waals surface area contributed by atoms with Crippen molar-refractivity contribution in [3.63, 3.8) is 0 Å². The molecule has 13 heavy (non-hydrogen) atoms. The van der Waals surface area contributed by atoms with Gasteiger partial charge in [0.2, 0.25) is 0 Å². The molecule has 1 aromatic heterocycles. The largest absolute Gasteiger partial charge is 0.398 e. The van der Waals surface area contributed by atoms with E-state index in [9.17, 15) is 0 Å². The van der Waals surface area contributed by atoms with Crippen LogP contribution >= 0.6 is 35.6 Å². The zero-order valence-corrected chi connectivity index (χ0v) is 9.22. The van der Waals surface area contributed by atoms with Crippen molar-refractivity contribution < 1.29 is 0 Å². The topological polar surface area (TPSA) is 26.0 Å². The van der Waals surface area contributed by atoms with Gasteiger partial charge in [0.15, 0.2) is 0 Å². The fraction of sp³-hybridized carbons (Fsp3) is 0.111. The van der Waals surface area contributed by atoms with Crippen molar-refractivity contribution in [2.75, 3.05) is 5.73 Å². The van der Waals surface area contributed by atoms with Crippen LogP contribution in [0.5, 0.6) is 0 Å². The van der Waals surface area contributed by atoms with E-state index in [1.807, 2.05) is 17.5 Å². The molecule has 1 nitrogen and oxygen atoms in total. The fourth-order valence-corrected chi connectivity index (χ4v) is 2.85. The van der Waals surface area contributed by atoms with Crippen LogP contribution in [0.4, 0.5) is 5.69 Å². The van der Waals surface area contributed by atoms with E-state index in [0.717, 1.165) is 26.2 Å². The number of fused-ring (bicyclic) bond motifs is 1. The van der Waals surface area contributed by atoms with E-state index >= 15 is 0 Å². The molecule has 0 bridgehead atoms. The van der Waals surface area contributed by atoms with Gasteiger partial charge in [-0.05, 0) is 11.6 Å². The Labute approximate surface area is 90.9 Å². The van der Waals surface area contributed by atoms with Gasteiger partial charge in [-0.25, -0.2) is 0 Å². The summed E-state index contributed by atoms with van der Waals surface area (Å²) in [5, 5.41) is 3.02. The van der Waals surface area contributed by atoms with Gasteiger partial charge in [0.05, 0.1) is 0 Å². The molecule has 0 amide bonds. The Hall–Kier alpha value is -0.380. The van der Waals surface area contributed by atoms with E-state index in [-0.39, 0.29) is 0 Å². The molecule has 68 valence electrons. The number of anilines is 1. The van der Waals surface area contributed by atoms with Crippen molar-refractivity contribution >= 4 is 51.3 Å². The number of rotatable bonds is 1. The van der Waals surface area contributed by atoms with Crippen molar-refractivity contribution in [1.82, 2.24) is 0 Å². The van der Waals surface area contributed by atoms with Crippen molar-refractivity contribution in [3.05, 3.63) is 23.1 Å². The molecule has 0 aliphatic rings. The summed E-state index contributed by atoms with van der Waals surface area (Å²) >= 11 is 11.7. The Bertz CT molecular complexity index is 450. The van der Waals surface area contributed by atoms with Crippen LogP contribution in [0.3, 0.4) is 0 Å². The highest BCUT2D eigenvalue weighted by atomic mass is 35.5. The predicted octanol–water partition coefficient (Wildman–Crippen LogP) is 3.51. The summed E-state index contributed by atoms with van der Waals surface area (Å²) in [6.45, 7) is 0. The lowest BCUT2D eigenvalue weighted by Crippen LogP contribution is -1.91. The molecule has 0 saturated heterocycles. The van der Waals surface area contributed by atoms with Crippen LogP contribution in [-0.4, -0.2) is 0 Å². The van der Waals surface area contributed by atoms with E-state index in [1.54, 1.807) is 11.3 Å². The third-order valence-corrected chi connectivity index (χ3v) is 3.76. The Morgan fingerprint density at radius 2 is 2.23 bits per heavy atom. The van der Waals surface area contributed by atoms with Crippen LogP contribution in [-0.2, 0) is 5.88 Å². The lowest BCUT2D eigenvalue weighted by atomic mass is 10.1. The number of nitrogens with two attached hydrogens (primary N) is 1. The molecule has 0 saturated carbocycles. The first kappa shape index (κ1) is 9.19. The number of thiol groups is 1. The second-order valence-corrected chi connectivity index (χ2v) is 4.43. The van der Waals surface area contributed by atoms with Crippen LogP contribution in [0.15, 0.2) is 22.4 Å². The maximum Gasteiger partial charge on any atom is 0.0494 e. The molecule has 2 aromatic rings. The molecule has 0 atom stereocenters. The van der Waals surface area contributed by atoms with Gasteiger partial charge in [-0.1, -0.05) is 6.07 Å². The molecule has 4 heteroatoms. The zero-order valence-electron chi connectivity index (χ0n) is 6.75. The summed E-state index contributed by atoms with van der Waals surface area (Å²) in [7, 11) is 0. The van der Waals surface area contributed by atoms with Gasteiger partial charge >= 0.3 is 0 Å². The summed E-state index contributed by atoms with van der Waals surface area (Å²) in [6, 6.07) is 4.00. The van der Waals surface area contributed by atoms with Gasteiger partial charge in [-0.15, -0.1) is 35.6 Å². The van der Waals surface area contributed by atoms with Crippen LogP contribution in [0.25, 0.3) is 10.1 Å². The molecular weight excluding hydrogens is 222 g/mol. The maximum absolute atomic E-state index is 5.95. The molecule has 1 heterocycles. The highest BCUT2D eigenvalue weighted by molar-refractivity contribution is 7.80. The predicted molar refractivity (Wildman–Crippen MR) is 63.0 cm³/mol. The van der Waals surface area contributed by atoms with Gasteiger partial charge in [0.1, 0.15) is 0 Å². The Morgan fingerprint density at radius 3 is 2.92 bits per heavy atom. The summed E-state index contributed by atoms with van der Waals surface area (Å²) in [5.74, 6) is 0.449. The molecule has 0 unspecified atom stereocenters. The minimum Gasteiger partial charge on any atom is -0.398 e. The molecule has 0 aliphatic carbocycles. The number of hydrogen-bond acceptors (Lipinski definition) is 3. The third-order valence-electron chi connectivity index (χ3n) is 2.00. The van der Waals surface area contributed by atoms with E-state index in [1.165, 1.54) is 0 Å². The highest BCUT2D eigenvalue weighted by Gasteiger charge is 2.07. The highest BCUT2D eigenvalue weighted by Crippen LogP contribution is 2.35. The smallest absolute Gasteiger partial charge is 0.0494 e. The summed E-state index contributed by atoms with van der Waals surface area (Å²) in [6.07, 6.45) is 0. The van der Waals surface area contributed by atoms with Gasteiger partial charge < -0.3 is 5.73 Å². The first-order valence-corrected chi connectivity index (χ1v) is 5.63. The van der Waals surface area contributed by atoms with Crippen LogP contribution in [0, 0.1) is 0 Å². The maximum atomic E-state index is 5.95. The number of halogens is 1. The molecule has 0 spiro atoms. The van der Waals surface area contributed by atoms with Gasteiger partial charge in [-0.2, -0.15) is 0 Å². The van der Waals surface area contributed by atoms with Gasteiger partial charge in [0, 0.05) is 31.9 Å². The second-order valence-electron chi connectivity index (χ2n) is 2.77. The van der Waals surface area contributed by atoms with Crippen LogP contribution < -0.4 is 5.73 Å². The van der Waals surface area contributed by atoms with Crippen molar-refractivity contribution in [2.24, 2.45) is 0 Å². The Morgan fingerprint density at radius 1 is 1.46 bits per heavy atom. The fourth-order valence-electron chi connectivity index (χ4n) is 1.30. The normalized spacial score (nSPS) is 10.9. The minimum absolute atomic E-state index is 0.449. The lowest BCUT2D eigenvalue weighted by Gasteiger charge is -2.03. The van der Waals surface area contributed by atoms with E-state index in [2.05, 4.69) is 12.6 Å². The van der Waals surface area contributed by atoms with Crippen LogP contribution in [0.1, 0.15) is 5.56 Å². The van der Waals surface area contributed by atoms with Gasteiger partial charge in [-0.3, -0.25) is 0 Å². The molecular formula is C9H8ClNS2. The Balaban J connectivity index is 2.83. The SMILES string of the molecule is Nc1c(CCl)ccc2scc(S)c12. The number of nitrogen functional groups attached to an aromatic ring is 1. The zero-order chi connectivity index (χ0) is 9.42. The van der Waals surface area contributed by atoms with Crippen LogP contribution in [0.2, 0.25) is 0 Å². The molecule has 0 fully saturated rings. The monoisotopic (exact) mass is 229 g/mol.